The Labute approximate surface area is 136 Å². The molecule has 6 nitrogen and oxygen atoms in total. The molecule has 2 heterocycles. The van der Waals surface area contributed by atoms with Crippen molar-refractivity contribution >= 4 is 33.4 Å². The summed E-state index contributed by atoms with van der Waals surface area (Å²) in [4.78, 5) is 12.2. The molecule has 0 saturated carbocycles. The fourth-order valence-electron chi connectivity index (χ4n) is 1.93. The van der Waals surface area contributed by atoms with Gasteiger partial charge in [-0.05, 0) is 36.7 Å². The van der Waals surface area contributed by atoms with Gasteiger partial charge in [0.05, 0.1) is 33.6 Å². The average molecular weight is 375 g/mol. The molecule has 0 radical (unpaired) electrons. The summed E-state index contributed by atoms with van der Waals surface area (Å²) in [6.07, 6.45) is 3.38. The van der Waals surface area contributed by atoms with Crippen LogP contribution in [0.5, 0.6) is 0 Å². The highest BCUT2D eigenvalue weighted by Crippen LogP contribution is 2.18. The van der Waals surface area contributed by atoms with Crippen LogP contribution >= 0.6 is 27.5 Å². The molecular formula is C13H17BrClN5O. The number of nitrogens with zero attached hydrogens (tertiary/aromatic N) is 4. The van der Waals surface area contributed by atoms with Crippen molar-refractivity contribution in [2.24, 2.45) is 0 Å². The fraction of sp³-hybridized carbons (Fsp3) is 0.462. The maximum absolute atomic E-state index is 12.2. The number of carbonyl (C=O) groups excluding carboxylic acids is 1. The number of rotatable bonds is 5. The molecule has 0 spiro atoms. The van der Waals surface area contributed by atoms with Gasteiger partial charge in [0, 0.05) is 12.7 Å². The van der Waals surface area contributed by atoms with Crippen LogP contribution in [-0.2, 0) is 17.9 Å². The van der Waals surface area contributed by atoms with E-state index >= 15 is 0 Å². The van der Waals surface area contributed by atoms with Gasteiger partial charge in [0.2, 0.25) is 5.91 Å². The summed E-state index contributed by atoms with van der Waals surface area (Å²) in [7, 11) is 0. The molecule has 2 rings (SSSR count). The van der Waals surface area contributed by atoms with Crippen molar-refractivity contribution < 1.29 is 4.79 Å². The highest BCUT2D eigenvalue weighted by molar-refractivity contribution is 9.10. The van der Waals surface area contributed by atoms with Gasteiger partial charge in [0.25, 0.3) is 0 Å². The largest absolute Gasteiger partial charge is 0.349 e. The summed E-state index contributed by atoms with van der Waals surface area (Å²) in [6, 6.07) is -0.397. The molecule has 2 aromatic heterocycles. The van der Waals surface area contributed by atoms with E-state index < -0.39 is 6.04 Å². The van der Waals surface area contributed by atoms with Crippen LogP contribution in [0.4, 0.5) is 0 Å². The zero-order valence-electron chi connectivity index (χ0n) is 12.1. The average Bonchev–Trinajstić information content (AvgIpc) is 2.98. The Morgan fingerprint density at radius 1 is 1.57 bits per heavy atom. The monoisotopic (exact) mass is 373 g/mol. The van der Waals surface area contributed by atoms with Crippen LogP contribution in [0.3, 0.4) is 0 Å². The van der Waals surface area contributed by atoms with E-state index in [1.807, 2.05) is 13.8 Å². The van der Waals surface area contributed by atoms with Gasteiger partial charge in [-0.15, -0.1) is 0 Å². The second-order valence-electron chi connectivity index (χ2n) is 4.69. The van der Waals surface area contributed by atoms with E-state index in [4.69, 9.17) is 11.6 Å². The Hall–Kier alpha value is -1.34. The molecule has 0 bridgehead atoms. The molecule has 0 fully saturated rings. The van der Waals surface area contributed by atoms with E-state index in [2.05, 4.69) is 31.4 Å². The summed E-state index contributed by atoms with van der Waals surface area (Å²) in [5.74, 6) is -0.120. The molecule has 0 saturated heterocycles. The van der Waals surface area contributed by atoms with Crippen molar-refractivity contribution in [1.29, 1.82) is 0 Å². The van der Waals surface area contributed by atoms with Gasteiger partial charge in [-0.3, -0.25) is 14.2 Å². The fourth-order valence-corrected chi connectivity index (χ4v) is 2.43. The number of aromatic nitrogens is 4. The summed E-state index contributed by atoms with van der Waals surface area (Å²) < 4.78 is 4.28. The topological polar surface area (TPSA) is 64.7 Å². The summed E-state index contributed by atoms with van der Waals surface area (Å²) in [5, 5.41) is 11.9. The SMILES string of the molecule is CCn1ncc(Cl)c1CNC(=O)C(C)n1cc(Br)c(C)n1. The Morgan fingerprint density at radius 2 is 2.29 bits per heavy atom. The quantitative estimate of drug-likeness (QED) is 0.875. The van der Waals surface area contributed by atoms with Gasteiger partial charge in [-0.25, -0.2) is 0 Å². The Morgan fingerprint density at radius 3 is 2.86 bits per heavy atom. The minimum atomic E-state index is -0.397. The van der Waals surface area contributed by atoms with Crippen molar-refractivity contribution in [3.8, 4) is 0 Å². The third kappa shape index (κ3) is 3.47. The lowest BCUT2D eigenvalue weighted by molar-refractivity contribution is -0.124. The first-order valence-electron chi connectivity index (χ1n) is 6.63. The van der Waals surface area contributed by atoms with E-state index in [-0.39, 0.29) is 5.91 Å². The summed E-state index contributed by atoms with van der Waals surface area (Å²) in [5.41, 5.74) is 1.65. The molecule has 114 valence electrons. The molecule has 0 aliphatic rings. The second-order valence-corrected chi connectivity index (χ2v) is 5.95. The zero-order valence-corrected chi connectivity index (χ0v) is 14.4. The van der Waals surface area contributed by atoms with E-state index in [0.29, 0.717) is 18.1 Å². The number of nitrogens with one attached hydrogen (secondary N) is 1. The molecule has 1 atom stereocenters. The van der Waals surface area contributed by atoms with Crippen LogP contribution in [-0.4, -0.2) is 25.5 Å². The molecule has 1 unspecified atom stereocenters. The van der Waals surface area contributed by atoms with Gasteiger partial charge in [0.1, 0.15) is 6.04 Å². The number of hydrogen-bond acceptors (Lipinski definition) is 3. The molecule has 0 aliphatic heterocycles. The first-order chi connectivity index (χ1) is 9.93. The van der Waals surface area contributed by atoms with E-state index in [1.54, 1.807) is 28.7 Å². The van der Waals surface area contributed by atoms with Crippen molar-refractivity contribution in [3.05, 3.63) is 33.3 Å². The van der Waals surface area contributed by atoms with E-state index in [9.17, 15) is 4.79 Å². The summed E-state index contributed by atoms with van der Waals surface area (Å²) in [6.45, 7) is 6.70. The third-order valence-electron chi connectivity index (χ3n) is 3.26. The number of aryl methyl sites for hydroxylation is 2. The molecule has 0 aliphatic carbocycles. The predicted molar refractivity (Wildman–Crippen MR) is 84.1 cm³/mol. The molecular weight excluding hydrogens is 358 g/mol. The standard InChI is InChI=1S/C13H17BrClN5O/c1-4-19-12(11(15)5-17-19)6-16-13(21)9(3)20-7-10(14)8(2)18-20/h5,7,9H,4,6H2,1-3H3,(H,16,21). The molecule has 1 N–H and O–H groups in total. The normalized spacial score (nSPS) is 12.4. The van der Waals surface area contributed by atoms with Gasteiger partial charge in [-0.1, -0.05) is 11.6 Å². The number of amides is 1. The maximum Gasteiger partial charge on any atom is 0.244 e. The van der Waals surface area contributed by atoms with E-state index in [1.165, 1.54) is 0 Å². The highest BCUT2D eigenvalue weighted by atomic mass is 79.9. The minimum absolute atomic E-state index is 0.120. The molecule has 1 amide bonds. The van der Waals surface area contributed by atoms with Crippen LogP contribution in [0, 0.1) is 6.92 Å². The van der Waals surface area contributed by atoms with Crippen molar-refractivity contribution in [3.63, 3.8) is 0 Å². The van der Waals surface area contributed by atoms with Crippen LogP contribution in [0.15, 0.2) is 16.9 Å². The van der Waals surface area contributed by atoms with Crippen LogP contribution in [0.1, 0.15) is 31.3 Å². The third-order valence-corrected chi connectivity index (χ3v) is 4.35. The van der Waals surface area contributed by atoms with Crippen molar-refractivity contribution in [2.45, 2.75) is 39.9 Å². The Kier molecular flexibility index (Phi) is 5.05. The van der Waals surface area contributed by atoms with Crippen LogP contribution in [0.2, 0.25) is 5.02 Å². The predicted octanol–water partition coefficient (Wildman–Crippen LogP) is 2.70. The molecule has 8 heteroatoms. The van der Waals surface area contributed by atoms with E-state index in [0.717, 1.165) is 15.9 Å². The lowest BCUT2D eigenvalue weighted by Crippen LogP contribution is -2.31. The molecule has 21 heavy (non-hydrogen) atoms. The zero-order chi connectivity index (χ0) is 15.6. The van der Waals surface area contributed by atoms with Crippen molar-refractivity contribution in [2.75, 3.05) is 0 Å². The summed E-state index contributed by atoms with van der Waals surface area (Å²) >= 11 is 9.46. The smallest absolute Gasteiger partial charge is 0.244 e. The molecule has 0 aromatic carbocycles. The van der Waals surface area contributed by atoms with Gasteiger partial charge < -0.3 is 5.32 Å². The minimum Gasteiger partial charge on any atom is -0.349 e. The van der Waals surface area contributed by atoms with Gasteiger partial charge in [-0.2, -0.15) is 10.2 Å². The van der Waals surface area contributed by atoms with Crippen LogP contribution < -0.4 is 5.32 Å². The van der Waals surface area contributed by atoms with Gasteiger partial charge in [0.15, 0.2) is 0 Å². The van der Waals surface area contributed by atoms with Crippen LogP contribution in [0.25, 0.3) is 0 Å². The lowest BCUT2D eigenvalue weighted by Gasteiger charge is -2.13. The number of halogens is 2. The first kappa shape index (κ1) is 16.0. The maximum atomic E-state index is 12.2. The van der Waals surface area contributed by atoms with Gasteiger partial charge >= 0.3 is 0 Å². The highest BCUT2D eigenvalue weighted by Gasteiger charge is 2.18. The Balaban J connectivity index is 2.03. The first-order valence-corrected chi connectivity index (χ1v) is 7.80. The molecule has 2 aromatic rings. The second kappa shape index (κ2) is 6.62. The number of hydrogen-bond donors (Lipinski definition) is 1. The number of carbonyl (C=O) groups is 1. The lowest BCUT2D eigenvalue weighted by atomic mass is 10.3. The Bertz CT molecular complexity index is 632. The van der Waals surface area contributed by atoms with Crippen molar-refractivity contribution in [1.82, 2.24) is 24.9 Å².